The predicted molar refractivity (Wildman–Crippen MR) is 183 cm³/mol. The van der Waals surface area contributed by atoms with Crippen LogP contribution in [0.4, 0.5) is 0 Å². The number of thiol groups is 1. The van der Waals surface area contributed by atoms with Gasteiger partial charge in [0, 0.05) is 21.1 Å². The van der Waals surface area contributed by atoms with Crippen LogP contribution in [0.1, 0.15) is 110 Å². The van der Waals surface area contributed by atoms with Crippen molar-refractivity contribution in [2.24, 2.45) is 0 Å². The Morgan fingerprint density at radius 2 is 0.767 bits per heavy atom. The Morgan fingerprint density at radius 1 is 0.465 bits per heavy atom. The minimum atomic E-state index is -0.396. The largest absolute Gasteiger partial charge is 0.507 e. The van der Waals surface area contributed by atoms with Crippen molar-refractivity contribution in [1.82, 2.24) is 0 Å². The van der Waals surface area contributed by atoms with Gasteiger partial charge in [0.25, 0.3) is 0 Å². The lowest BCUT2D eigenvalue weighted by Crippen LogP contribution is -2.27. The van der Waals surface area contributed by atoms with Crippen LogP contribution in [0.25, 0.3) is 0 Å². The normalized spacial score (nSPS) is 12.6. The molecular formula is C39H48O3S. The predicted octanol–water partition coefficient (Wildman–Crippen LogP) is 9.87. The van der Waals surface area contributed by atoms with Crippen LogP contribution in [0.15, 0.2) is 59.5 Å². The Hall–Kier alpha value is -3.37. The number of hydrogen-bond donors (Lipinski definition) is 4. The average molecular weight is 597 g/mol. The van der Waals surface area contributed by atoms with Crippen LogP contribution in [-0.4, -0.2) is 15.3 Å². The van der Waals surface area contributed by atoms with Crippen LogP contribution in [0, 0.1) is 27.7 Å². The minimum Gasteiger partial charge on any atom is -0.507 e. The van der Waals surface area contributed by atoms with Crippen molar-refractivity contribution < 1.29 is 15.3 Å². The molecule has 0 amide bonds. The molecule has 0 spiro atoms. The standard InChI is InChI=1S/C39H48O3S/c1-12-26-17-28(15-24(4)35(26)41)38(8,9)31-18-30(37(6,7)27-13-22(2)34(40)23(3)14-27)19-32(20-31)39(10,11)29-16-25(5)36(42)33(43)21-29/h13-21,40-43H,12H2,1-11H3. The Kier molecular flexibility index (Phi) is 8.54. The number of aromatic hydroxyl groups is 3. The first kappa shape index (κ1) is 32.5. The van der Waals surface area contributed by atoms with Gasteiger partial charge in [-0.2, -0.15) is 0 Å². The first-order valence-corrected chi connectivity index (χ1v) is 15.6. The van der Waals surface area contributed by atoms with E-state index in [1.165, 1.54) is 11.1 Å². The molecule has 4 rings (SSSR count). The molecule has 4 aromatic carbocycles. The molecule has 0 aromatic heterocycles. The highest BCUT2D eigenvalue weighted by atomic mass is 32.1. The third-order valence-electron chi connectivity index (χ3n) is 9.79. The molecule has 0 aliphatic heterocycles. The van der Waals surface area contributed by atoms with E-state index in [0.29, 0.717) is 16.4 Å². The molecule has 0 fully saturated rings. The fourth-order valence-corrected chi connectivity index (χ4v) is 6.45. The summed E-state index contributed by atoms with van der Waals surface area (Å²) < 4.78 is 0. The fraction of sp³-hybridized carbons (Fsp3) is 0.385. The van der Waals surface area contributed by atoms with Crippen molar-refractivity contribution in [2.75, 3.05) is 0 Å². The second kappa shape index (κ2) is 11.3. The van der Waals surface area contributed by atoms with Crippen molar-refractivity contribution >= 4 is 12.6 Å². The lowest BCUT2D eigenvalue weighted by atomic mass is 9.68. The lowest BCUT2D eigenvalue weighted by Gasteiger charge is -2.35. The molecule has 0 radical (unpaired) electrons. The SMILES string of the molecule is CCc1cc(C(C)(C)c2cc(C(C)(C)c3cc(C)c(O)c(C)c3)cc(C(C)(C)c3cc(C)c(O)c(S)c3)c2)cc(C)c1O. The smallest absolute Gasteiger partial charge is 0.131 e. The number of aryl methyl sites for hydroxylation is 5. The van der Waals surface area contributed by atoms with E-state index in [-0.39, 0.29) is 16.6 Å². The first-order chi connectivity index (χ1) is 19.8. The van der Waals surface area contributed by atoms with Crippen LogP contribution in [0.5, 0.6) is 17.2 Å². The molecule has 0 aliphatic rings. The molecule has 0 saturated carbocycles. The van der Waals surface area contributed by atoms with Gasteiger partial charge in [0.05, 0.1) is 0 Å². The van der Waals surface area contributed by atoms with Gasteiger partial charge in [0.2, 0.25) is 0 Å². The van der Waals surface area contributed by atoms with Crippen LogP contribution in [0.3, 0.4) is 0 Å². The van der Waals surface area contributed by atoms with Crippen molar-refractivity contribution in [3.8, 4) is 17.2 Å². The van der Waals surface area contributed by atoms with E-state index in [0.717, 1.165) is 56.5 Å². The number of phenols is 3. The van der Waals surface area contributed by atoms with Crippen LogP contribution >= 0.6 is 12.6 Å². The van der Waals surface area contributed by atoms with Gasteiger partial charge in [-0.3, -0.25) is 0 Å². The van der Waals surface area contributed by atoms with E-state index < -0.39 is 5.41 Å². The molecule has 3 nitrogen and oxygen atoms in total. The summed E-state index contributed by atoms with van der Waals surface area (Å²) in [5.41, 5.74) is 10.2. The zero-order valence-corrected chi connectivity index (χ0v) is 28.6. The maximum absolute atomic E-state index is 10.7. The van der Waals surface area contributed by atoms with E-state index in [2.05, 4.69) is 110 Å². The molecule has 0 saturated heterocycles. The van der Waals surface area contributed by atoms with E-state index in [1.54, 1.807) is 0 Å². The van der Waals surface area contributed by atoms with Crippen molar-refractivity contribution in [3.05, 3.63) is 116 Å². The van der Waals surface area contributed by atoms with Gasteiger partial charge in [0.15, 0.2) is 0 Å². The summed E-state index contributed by atoms with van der Waals surface area (Å²) >= 11 is 4.58. The number of hydrogen-bond acceptors (Lipinski definition) is 4. The topological polar surface area (TPSA) is 60.7 Å². The van der Waals surface area contributed by atoms with Gasteiger partial charge in [0.1, 0.15) is 17.2 Å². The fourth-order valence-electron chi connectivity index (χ4n) is 6.13. The highest BCUT2D eigenvalue weighted by Crippen LogP contribution is 2.44. The molecule has 0 heterocycles. The van der Waals surface area contributed by atoms with E-state index >= 15 is 0 Å². The molecule has 4 heteroatoms. The molecule has 4 aromatic rings. The third kappa shape index (κ3) is 5.79. The average Bonchev–Trinajstić information content (AvgIpc) is 2.94. The number of rotatable bonds is 7. The summed E-state index contributed by atoms with van der Waals surface area (Å²) in [6.07, 6.45) is 0.758. The van der Waals surface area contributed by atoms with Crippen molar-refractivity contribution in [1.29, 1.82) is 0 Å². The molecule has 0 unspecified atom stereocenters. The van der Waals surface area contributed by atoms with E-state index in [9.17, 15) is 15.3 Å². The van der Waals surface area contributed by atoms with Crippen LogP contribution in [0.2, 0.25) is 0 Å². The lowest BCUT2D eigenvalue weighted by molar-refractivity contribution is 0.457. The summed E-state index contributed by atoms with van der Waals surface area (Å²) in [4.78, 5) is 0.571. The number of benzene rings is 4. The third-order valence-corrected chi connectivity index (χ3v) is 10.1. The molecule has 0 bridgehead atoms. The van der Waals surface area contributed by atoms with Crippen LogP contribution < -0.4 is 0 Å². The first-order valence-electron chi connectivity index (χ1n) is 15.2. The van der Waals surface area contributed by atoms with Gasteiger partial charge < -0.3 is 15.3 Å². The highest BCUT2D eigenvalue weighted by Gasteiger charge is 2.33. The molecule has 228 valence electrons. The van der Waals surface area contributed by atoms with Crippen molar-refractivity contribution in [2.45, 2.75) is 104 Å². The molecular weight excluding hydrogens is 548 g/mol. The number of phenolic OH excluding ortho intramolecular Hbond substituents is 3. The maximum Gasteiger partial charge on any atom is 0.131 e. The molecule has 3 N–H and O–H groups in total. The van der Waals surface area contributed by atoms with E-state index in [4.69, 9.17) is 0 Å². The summed E-state index contributed by atoms with van der Waals surface area (Å²) in [5.74, 6) is 0.935. The summed E-state index contributed by atoms with van der Waals surface area (Å²) in [7, 11) is 0. The summed E-state index contributed by atoms with van der Waals surface area (Å²) in [6.45, 7) is 23.3. The van der Waals surface area contributed by atoms with Crippen LogP contribution in [-0.2, 0) is 22.7 Å². The van der Waals surface area contributed by atoms with Gasteiger partial charge in [-0.1, -0.05) is 97.0 Å². The molecule has 43 heavy (non-hydrogen) atoms. The summed E-state index contributed by atoms with van der Waals surface area (Å²) in [6, 6.07) is 19.4. The van der Waals surface area contributed by atoms with Gasteiger partial charge >= 0.3 is 0 Å². The maximum atomic E-state index is 10.7. The molecule has 0 atom stereocenters. The Balaban J connectivity index is 2.03. The van der Waals surface area contributed by atoms with Gasteiger partial charge in [-0.15, -0.1) is 12.6 Å². The van der Waals surface area contributed by atoms with Gasteiger partial charge in [-0.05, 0) is 101 Å². The quantitative estimate of drug-likeness (QED) is 0.161. The zero-order valence-electron chi connectivity index (χ0n) is 27.7. The second-order valence-corrected chi connectivity index (χ2v) is 14.4. The second-order valence-electron chi connectivity index (χ2n) is 13.9. The van der Waals surface area contributed by atoms with Crippen molar-refractivity contribution in [3.63, 3.8) is 0 Å². The summed E-state index contributed by atoms with van der Waals surface area (Å²) in [5, 5.41) is 31.7. The minimum absolute atomic E-state index is 0.215. The Labute approximate surface area is 264 Å². The van der Waals surface area contributed by atoms with Gasteiger partial charge in [-0.25, -0.2) is 0 Å². The zero-order chi connectivity index (χ0) is 32.2. The molecule has 0 aliphatic carbocycles. The highest BCUT2D eigenvalue weighted by molar-refractivity contribution is 7.80. The monoisotopic (exact) mass is 596 g/mol. The Bertz CT molecular complexity index is 1570. The van der Waals surface area contributed by atoms with E-state index in [1.807, 2.05) is 33.8 Å². The Morgan fingerprint density at radius 3 is 1.14 bits per heavy atom.